The van der Waals surface area contributed by atoms with E-state index in [1.54, 1.807) is 37.5 Å². The van der Waals surface area contributed by atoms with E-state index in [1.807, 2.05) is 4.90 Å². The molecule has 10 heteroatoms. The van der Waals surface area contributed by atoms with Gasteiger partial charge in [-0.1, -0.05) is 6.92 Å². The molecule has 140 valence electrons. The lowest BCUT2D eigenvalue weighted by Gasteiger charge is -2.35. The summed E-state index contributed by atoms with van der Waals surface area (Å²) in [6, 6.07) is 5.24. The van der Waals surface area contributed by atoms with Gasteiger partial charge in [0.1, 0.15) is 4.21 Å². The topological polar surface area (TPSA) is 105 Å². The Balaban J connectivity index is 1.56. The monoisotopic (exact) mass is 394 g/mol. The first-order valence-electron chi connectivity index (χ1n) is 8.38. The van der Waals surface area contributed by atoms with E-state index in [-0.39, 0.29) is 5.75 Å². The molecule has 8 nitrogen and oxygen atoms in total. The molecule has 3 rings (SSSR count). The van der Waals surface area contributed by atoms with E-state index in [9.17, 15) is 8.42 Å². The molecular formula is C16H22N6O2S2. The van der Waals surface area contributed by atoms with Crippen LogP contribution in [0.2, 0.25) is 0 Å². The normalized spacial score (nSPS) is 16.1. The zero-order chi connectivity index (χ0) is 18.6. The van der Waals surface area contributed by atoms with Crippen molar-refractivity contribution in [1.82, 2.24) is 14.9 Å². The van der Waals surface area contributed by atoms with Gasteiger partial charge in [0.25, 0.3) is 0 Å². The minimum absolute atomic E-state index is 0.105. The Morgan fingerprint density at radius 2 is 1.92 bits per heavy atom. The summed E-state index contributed by atoms with van der Waals surface area (Å²) in [6.45, 7) is 5.07. The lowest BCUT2D eigenvalue weighted by atomic mass is 10.3. The summed E-state index contributed by atoms with van der Waals surface area (Å²) in [5.41, 5.74) is 6.11. The fourth-order valence-electron chi connectivity index (χ4n) is 2.60. The number of thiophene rings is 1. The predicted octanol–water partition coefficient (Wildman–Crippen LogP) is 0.969. The van der Waals surface area contributed by atoms with E-state index in [0.717, 1.165) is 37.0 Å². The largest absolute Gasteiger partial charge is 0.370 e. The van der Waals surface area contributed by atoms with Crippen LogP contribution in [0.1, 0.15) is 11.8 Å². The standard InChI is InChI=1S/C16H22N6O2S2/c1-2-26(23,24)14-5-4-13(25-14)12-20-15(17)21-8-10-22(11-9-21)16-18-6-3-7-19-16/h3-7H,2,8-12H2,1H3,(H2,17,20). The molecule has 0 amide bonds. The van der Waals surface area contributed by atoms with Crippen molar-refractivity contribution < 1.29 is 8.42 Å². The highest BCUT2D eigenvalue weighted by atomic mass is 32.2. The smallest absolute Gasteiger partial charge is 0.225 e. The molecule has 0 atom stereocenters. The molecule has 0 aliphatic carbocycles. The van der Waals surface area contributed by atoms with E-state index in [1.165, 1.54) is 11.3 Å². The van der Waals surface area contributed by atoms with Crippen molar-refractivity contribution in [3.05, 3.63) is 35.5 Å². The third-order valence-electron chi connectivity index (χ3n) is 4.16. The van der Waals surface area contributed by atoms with Crippen LogP contribution in [0.15, 0.2) is 39.8 Å². The highest BCUT2D eigenvalue weighted by Gasteiger charge is 2.20. The first-order valence-corrected chi connectivity index (χ1v) is 10.8. The van der Waals surface area contributed by atoms with Crippen molar-refractivity contribution in [2.24, 2.45) is 10.7 Å². The van der Waals surface area contributed by atoms with Gasteiger partial charge in [-0.15, -0.1) is 11.3 Å². The van der Waals surface area contributed by atoms with Crippen LogP contribution in [-0.2, 0) is 16.4 Å². The fourth-order valence-corrected chi connectivity index (χ4v) is 5.00. The van der Waals surface area contributed by atoms with E-state index < -0.39 is 9.84 Å². The van der Waals surface area contributed by atoms with Gasteiger partial charge < -0.3 is 15.5 Å². The molecule has 0 spiro atoms. The van der Waals surface area contributed by atoms with Gasteiger partial charge in [0, 0.05) is 43.4 Å². The molecule has 0 radical (unpaired) electrons. The number of sulfone groups is 1. The van der Waals surface area contributed by atoms with Crippen molar-refractivity contribution in [1.29, 1.82) is 0 Å². The van der Waals surface area contributed by atoms with Crippen molar-refractivity contribution in [3.8, 4) is 0 Å². The summed E-state index contributed by atoms with van der Waals surface area (Å²) in [5.74, 6) is 1.31. The molecule has 2 aromatic rings. The summed E-state index contributed by atoms with van der Waals surface area (Å²) in [4.78, 5) is 18.0. The van der Waals surface area contributed by atoms with Gasteiger partial charge in [-0.25, -0.2) is 23.4 Å². The van der Waals surface area contributed by atoms with Gasteiger partial charge in [0.15, 0.2) is 15.8 Å². The zero-order valence-electron chi connectivity index (χ0n) is 14.6. The molecular weight excluding hydrogens is 372 g/mol. The molecule has 0 saturated carbocycles. The minimum atomic E-state index is -3.16. The number of nitrogens with two attached hydrogens (primary N) is 1. The van der Waals surface area contributed by atoms with Crippen molar-refractivity contribution in [3.63, 3.8) is 0 Å². The van der Waals surface area contributed by atoms with E-state index in [4.69, 9.17) is 5.73 Å². The van der Waals surface area contributed by atoms with Gasteiger partial charge in [0.05, 0.1) is 12.3 Å². The van der Waals surface area contributed by atoms with E-state index >= 15 is 0 Å². The molecule has 26 heavy (non-hydrogen) atoms. The number of aliphatic imine (C=N–C) groups is 1. The highest BCUT2D eigenvalue weighted by Crippen LogP contribution is 2.23. The quantitative estimate of drug-likeness (QED) is 0.595. The molecule has 3 heterocycles. The number of piperazine rings is 1. The Hall–Kier alpha value is -2.20. The number of aromatic nitrogens is 2. The second-order valence-electron chi connectivity index (χ2n) is 5.82. The Bertz CT molecular complexity index is 858. The number of nitrogens with zero attached hydrogens (tertiary/aromatic N) is 5. The Labute approximate surface area is 157 Å². The lowest BCUT2D eigenvalue weighted by molar-refractivity contribution is 0.378. The van der Waals surface area contributed by atoms with Crippen LogP contribution in [0, 0.1) is 0 Å². The Morgan fingerprint density at radius 1 is 1.23 bits per heavy atom. The van der Waals surface area contributed by atoms with Gasteiger partial charge in [0.2, 0.25) is 5.95 Å². The van der Waals surface area contributed by atoms with E-state index in [2.05, 4.69) is 19.9 Å². The van der Waals surface area contributed by atoms with Crippen LogP contribution in [0.5, 0.6) is 0 Å². The maximum atomic E-state index is 11.9. The average Bonchev–Trinajstić information content (AvgIpc) is 3.17. The van der Waals surface area contributed by atoms with Crippen LogP contribution in [-0.4, -0.2) is 61.2 Å². The first-order chi connectivity index (χ1) is 12.5. The summed E-state index contributed by atoms with van der Waals surface area (Å²) >= 11 is 1.26. The molecule has 1 fully saturated rings. The van der Waals surface area contributed by atoms with Gasteiger partial charge in [-0.05, 0) is 18.2 Å². The molecule has 0 bridgehead atoms. The van der Waals surface area contributed by atoms with Crippen molar-refractivity contribution >= 4 is 33.1 Å². The van der Waals surface area contributed by atoms with Crippen LogP contribution in [0.25, 0.3) is 0 Å². The van der Waals surface area contributed by atoms with Crippen molar-refractivity contribution in [2.75, 3.05) is 36.8 Å². The summed E-state index contributed by atoms with van der Waals surface area (Å²) in [7, 11) is -3.16. The molecule has 2 aromatic heterocycles. The first kappa shape index (κ1) is 18.6. The highest BCUT2D eigenvalue weighted by molar-refractivity contribution is 7.93. The fraction of sp³-hybridized carbons (Fsp3) is 0.438. The molecule has 0 aromatic carbocycles. The SMILES string of the molecule is CCS(=O)(=O)c1ccc(CN=C(N)N2CCN(c3ncccn3)CC2)s1. The molecule has 1 aliphatic heterocycles. The number of hydrogen-bond acceptors (Lipinski definition) is 7. The third-order valence-corrected chi connectivity index (χ3v) is 7.54. The number of anilines is 1. The Kier molecular flexibility index (Phi) is 5.72. The zero-order valence-corrected chi connectivity index (χ0v) is 16.2. The van der Waals surface area contributed by atoms with Gasteiger partial charge >= 0.3 is 0 Å². The van der Waals surface area contributed by atoms with E-state index in [0.29, 0.717) is 16.7 Å². The third kappa shape index (κ3) is 4.31. The second-order valence-corrected chi connectivity index (χ2v) is 9.49. The van der Waals surface area contributed by atoms with Crippen LogP contribution in [0.3, 0.4) is 0 Å². The molecule has 1 aliphatic rings. The number of hydrogen-bond donors (Lipinski definition) is 1. The van der Waals surface area contributed by atoms with Crippen LogP contribution in [0.4, 0.5) is 5.95 Å². The number of rotatable bonds is 5. The lowest BCUT2D eigenvalue weighted by Crippen LogP contribution is -2.51. The Morgan fingerprint density at radius 3 is 2.58 bits per heavy atom. The maximum absolute atomic E-state index is 11.9. The minimum Gasteiger partial charge on any atom is -0.370 e. The van der Waals surface area contributed by atoms with Crippen molar-refractivity contribution in [2.45, 2.75) is 17.7 Å². The summed E-state index contributed by atoms with van der Waals surface area (Å²) < 4.78 is 24.1. The average molecular weight is 395 g/mol. The maximum Gasteiger partial charge on any atom is 0.225 e. The van der Waals surface area contributed by atoms with Gasteiger partial charge in [-0.2, -0.15) is 0 Å². The predicted molar refractivity (Wildman–Crippen MR) is 103 cm³/mol. The van der Waals surface area contributed by atoms with Gasteiger partial charge in [-0.3, -0.25) is 0 Å². The van der Waals surface area contributed by atoms with Crippen LogP contribution < -0.4 is 10.6 Å². The second kappa shape index (κ2) is 8.00. The molecule has 2 N–H and O–H groups in total. The van der Waals surface area contributed by atoms with Crippen LogP contribution >= 0.6 is 11.3 Å². The summed E-state index contributed by atoms with van der Waals surface area (Å²) in [5, 5.41) is 0. The molecule has 1 saturated heterocycles. The molecule has 0 unspecified atom stereocenters. The summed E-state index contributed by atoms with van der Waals surface area (Å²) in [6.07, 6.45) is 3.47. The number of guanidine groups is 1.